The van der Waals surface area contributed by atoms with Crippen molar-refractivity contribution in [2.75, 3.05) is 26.9 Å². The van der Waals surface area contributed by atoms with E-state index >= 15 is 0 Å². The zero-order valence-corrected chi connectivity index (χ0v) is 17.4. The van der Waals surface area contributed by atoms with Crippen molar-refractivity contribution in [1.82, 2.24) is 4.57 Å². The van der Waals surface area contributed by atoms with E-state index in [0.717, 1.165) is 10.2 Å². The van der Waals surface area contributed by atoms with E-state index in [-0.39, 0.29) is 13.2 Å². The van der Waals surface area contributed by atoms with Gasteiger partial charge >= 0.3 is 5.97 Å². The standard InChI is InChI=1S/C21H20N2O6S/c1-3-27-19(24)12-23-15-10-16-17(29-9-8-28-16)11-18(15)30-21(23)22-20(25)13-4-6-14(26-2)7-5-13/h4-7,10-11H,3,8-9,12H2,1-2H3. The lowest BCUT2D eigenvalue weighted by molar-refractivity contribution is -0.143. The van der Waals surface area contributed by atoms with E-state index in [0.29, 0.717) is 40.8 Å². The molecule has 0 bridgehead atoms. The molecule has 1 aromatic heterocycles. The molecule has 0 unspecified atom stereocenters. The number of carbonyl (C=O) groups is 2. The molecule has 8 nitrogen and oxygen atoms in total. The maximum atomic E-state index is 12.7. The fourth-order valence-corrected chi connectivity index (χ4v) is 4.10. The van der Waals surface area contributed by atoms with Crippen LogP contribution in [0.5, 0.6) is 17.2 Å². The van der Waals surface area contributed by atoms with Gasteiger partial charge in [-0.3, -0.25) is 9.59 Å². The van der Waals surface area contributed by atoms with Gasteiger partial charge in [0.15, 0.2) is 16.3 Å². The molecule has 1 aliphatic rings. The predicted octanol–water partition coefficient (Wildman–Crippen LogP) is 2.79. The number of carbonyl (C=O) groups excluding carboxylic acids is 2. The second-order valence-corrected chi connectivity index (χ2v) is 7.39. The van der Waals surface area contributed by atoms with Gasteiger partial charge in [-0.05, 0) is 31.2 Å². The third kappa shape index (κ3) is 4.02. The highest BCUT2D eigenvalue weighted by Crippen LogP contribution is 2.35. The average Bonchev–Trinajstić information content (AvgIpc) is 3.08. The molecule has 0 aliphatic carbocycles. The average molecular weight is 428 g/mol. The summed E-state index contributed by atoms with van der Waals surface area (Å²) in [6, 6.07) is 10.3. The Kier molecular flexibility index (Phi) is 5.71. The van der Waals surface area contributed by atoms with Crippen LogP contribution in [0.15, 0.2) is 41.4 Å². The van der Waals surface area contributed by atoms with Crippen LogP contribution in [-0.2, 0) is 16.1 Å². The van der Waals surface area contributed by atoms with E-state index in [9.17, 15) is 9.59 Å². The van der Waals surface area contributed by atoms with Gasteiger partial charge in [-0.2, -0.15) is 4.99 Å². The molecule has 0 saturated carbocycles. The number of amides is 1. The summed E-state index contributed by atoms with van der Waals surface area (Å²) in [7, 11) is 1.56. The molecule has 30 heavy (non-hydrogen) atoms. The highest BCUT2D eigenvalue weighted by Gasteiger charge is 2.18. The molecule has 2 aromatic carbocycles. The topological polar surface area (TPSA) is 88.4 Å². The lowest BCUT2D eigenvalue weighted by Gasteiger charge is -2.18. The minimum atomic E-state index is -0.418. The predicted molar refractivity (Wildman–Crippen MR) is 110 cm³/mol. The number of ether oxygens (including phenoxy) is 4. The summed E-state index contributed by atoms with van der Waals surface area (Å²) in [5.74, 6) is 1.05. The first-order valence-corrected chi connectivity index (χ1v) is 10.2. The molecule has 156 valence electrons. The number of hydrogen-bond donors (Lipinski definition) is 0. The first kappa shape index (κ1) is 20.0. The van der Waals surface area contributed by atoms with E-state index in [1.807, 2.05) is 6.07 Å². The number of nitrogens with zero attached hydrogens (tertiary/aromatic N) is 2. The molecule has 0 saturated heterocycles. The van der Waals surface area contributed by atoms with Gasteiger partial charge in [0, 0.05) is 17.7 Å². The van der Waals surface area contributed by atoms with Gasteiger partial charge in [0.2, 0.25) is 0 Å². The molecule has 1 amide bonds. The highest BCUT2D eigenvalue weighted by molar-refractivity contribution is 7.16. The van der Waals surface area contributed by atoms with Crippen LogP contribution in [0.3, 0.4) is 0 Å². The molecular formula is C21H20N2O6S. The van der Waals surface area contributed by atoms with E-state index in [1.54, 1.807) is 48.9 Å². The molecular weight excluding hydrogens is 408 g/mol. The minimum absolute atomic E-state index is 0.0673. The molecule has 3 aromatic rings. The normalized spacial score (nSPS) is 13.3. The number of hydrogen-bond acceptors (Lipinski definition) is 7. The van der Waals surface area contributed by atoms with E-state index < -0.39 is 11.9 Å². The van der Waals surface area contributed by atoms with E-state index in [4.69, 9.17) is 18.9 Å². The number of methoxy groups -OCH3 is 1. The zero-order chi connectivity index (χ0) is 21.1. The molecule has 0 atom stereocenters. The molecule has 0 spiro atoms. The number of aromatic nitrogens is 1. The first-order valence-electron chi connectivity index (χ1n) is 9.40. The number of benzene rings is 2. The van der Waals surface area contributed by atoms with Crippen molar-refractivity contribution >= 4 is 33.4 Å². The van der Waals surface area contributed by atoms with Crippen molar-refractivity contribution in [2.24, 2.45) is 4.99 Å². The monoisotopic (exact) mass is 428 g/mol. The molecule has 2 heterocycles. The molecule has 9 heteroatoms. The smallest absolute Gasteiger partial charge is 0.326 e. The second-order valence-electron chi connectivity index (χ2n) is 6.38. The van der Waals surface area contributed by atoms with Gasteiger partial charge in [0.05, 0.1) is 23.9 Å². The Bertz CT molecular complexity index is 1160. The Hall–Kier alpha value is -3.33. The van der Waals surface area contributed by atoms with Gasteiger partial charge in [-0.1, -0.05) is 11.3 Å². The zero-order valence-electron chi connectivity index (χ0n) is 16.5. The Balaban J connectivity index is 1.80. The van der Waals surface area contributed by atoms with Crippen molar-refractivity contribution in [3.05, 3.63) is 46.8 Å². The fourth-order valence-electron chi connectivity index (χ4n) is 3.07. The van der Waals surface area contributed by atoms with Crippen molar-refractivity contribution in [2.45, 2.75) is 13.5 Å². The Morgan fingerprint density at radius 2 is 1.83 bits per heavy atom. The van der Waals surface area contributed by atoms with Crippen LogP contribution in [-0.4, -0.2) is 43.4 Å². The van der Waals surface area contributed by atoms with Gasteiger partial charge in [-0.15, -0.1) is 0 Å². The quantitative estimate of drug-likeness (QED) is 0.581. The van der Waals surface area contributed by atoms with Crippen LogP contribution in [0.25, 0.3) is 10.2 Å². The Labute approximate surface area is 176 Å². The van der Waals surface area contributed by atoms with Crippen molar-refractivity contribution < 1.29 is 28.5 Å². The summed E-state index contributed by atoms with van der Waals surface area (Å²) in [6.45, 7) is 2.87. The van der Waals surface area contributed by atoms with Gasteiger partial charge < -0.3 is 23.5 Å². The highest BCUT2D eigenvalue weighted by atomic mass is 32.1. The number of rotatable bonds is 5. The van der Waals surface area contributed by atoms with Crippen LogP contribution in [0, 0.1) is 0 Å². The third-order valence-electron chi connectivity index (χ3n) is 4.47. The Morgan fingerprint density at radius 1 is 1.13 bits per heavy atom. The molecule has 4 rings (SSSR count). The van der Waals surface area contributed by atoms with Crippen molar-refractivity contribution in [1.29, 1.82) is 0 Å². The van der Waals surface area contributed by atoms with Crippen LogP contribution in [0.4, 0.5) is 0 Å². The lowest BCUT2D eigenvalue weighted by Crippen LogP contribution is -2.23. The minimum Gasteiger partial charge on any atom is -0.497 e. The first-order chi connectivity index (χ1) is 14.6. The lowest BCUT2D eigenvalue weighted by atomic mass is 10.2. The summed E-state index contributed by atoms with van der Waals surface area (Å²) in [5, 5.41) is 0. The maximum absolute atomic E-state index is 12.7. The van der Waals surface area contributed by atoms with Crippen molar-refractivity contribution in [3.8, 4) is 17.2 Å². The fraction of sp³-hybridized carbons (Fsp3) is 0.286. The van der Waals surface area contributed by atoms with E-state index in [1.165, 1.54) is 11.3 Å². The molecule has 1 aliphatic heterocycles. The summed E-state index contributed by atoms with van der Waals surface area (Å²) < 4.78 is 24.0. The van der Waals surface area contributed by atoms with Crippen LogP contribution >= 0.6 is 11.3 Å². The third-order valence-corrected chi connectivity index (χ3v) is 5.51. The van der Waals surface area contributed by atoms with E-state index in [2.05, 4.69) is 4.99 Å². The van der Waals surface area contributed by atoms with Crippen LogP contribution in [0.2, 0.25) is 0 Å². The molecule has 0 radical (unpaired) electrons. The number of fused-ring (bicyclic) bond motifs is 2. The van der Waals surface area contributed by atoms with Crippen LogP contribution < -0.4 is 19.0 Å². The summed E-state index contributed by atoms with van der Waals surface area (Å²) in [4.78, 5) is 29.6. The van der Waals surface area contributed by atoms with Gasteiger partial charge in [0.1, 0.15) is 25.5 Å². The SMILES string of the molecule is CCOC(=O)Cn1c(=NC(=O)c2ccc(OC)cc2)sc2cc3c(cc21)OCCO3. The van der Waals surface area contributed by atoms with Gasteiger partial charge in [-0.25, -0.2) is 0 Å². The van der Waals surface area contributed by atoms with Crippen LogP contribution in [0.1, 0.15) is 17.3 Å². The summed E-state index contributed by atoms with van der Waals surface area (Å²) in [5.41, 5.74) is 1.14. The summed E-state index contributed by atoms with van der Waals surface area (Å²) in [6.07, 6.45) is 0. The molecule has 0 N–H and O–H groups in total. The summed E-state index contributed by atoms with van der Waals surface area (Å²) >= 11 is 1.29. The second kappa shape index (κ2) is 8.58. The number of thiazole rings is 1. The largest absolute Gasteiger partial charge is 0.497 e. The number of esters is 1. The van der Waals surface area contributed by atoms with Gasteiger partial charge in [0.25, 0.3) is 5.91 Å². The molecule has 0 fully saturated rings. The van der Waals surface area contributed by atoms with Crippen molar-refractivity contribution in [3.63, 3.8) is 0 Å². The Morgan fingerprint density at radius 3 is 2.50 bits per heavy atom. The maximum Gasteiger partial charge on any atom is 0.326 e.